The molecule has 1 atom stereocenters. The first-order valence-electron chi connectivity index (χ1n) is 10.6. The number of nitrogens with one attached hydrogen (secondary N) is 1. The maximum Gasteiger partial charge on any atom is 0.490 e. The number of hydrogen-bond donors (Lipinski definition) is 2. The summed E-state index contributed by atoms with van der Waals surface area (Å²) in [6.07, 6.45) is -3.19. The van der Waals surface area contributed by atoms with Crippen molar-refractivity contribution in [3.8, 4) is 0 Å². The molecule has 4 rings (SSSR count). The number of nitrogens with zero attached hydrogens (tertiary/aromatic N) is 2. The van der Waals surface area contributed by atoms with E-state index in [0.29, 0.717) is 44.5 Å². The Morgan fingerprint density at radius 3 is 2.55 bits per heavy atom. The molecule has 33 heavy (non-hydrogen) atoms. The number of carbonyl (C=O) groups is 2. The van der Waals surface area contributed by atoms with E-state index >= 15 is 0 Å². The quantitative estimate of drug-likeness (QED) is 0.700. The molecule has 1 aromatic heterocycles. The molecular formula is C22H28F3N3O5. The number of carbonyl (C=O) groups excluding carboxylic acids is 1. The number of halogens is 3. The van der Waals surface area contributed by atoms with Crippen LogP contribution in [0, 0.1) is 0 Å². The Kier molecular flexibility index (Phi) is 7.65. The van der Waals surface area contributed by atoms with Crippen LogP contribution in [-0.4, -0.2) is 95.6 Å². The maximum absolute atomic E-state index is 13.1. The second-order valence-corrected chi connectivity index (χ2v) is 8.46. The average Bonchev–Trinajstić information content (AvgIpc) is 3.13. The van der Waals surface area contributed by atoms with E-state index in [1.165, 1.54) is 0 Å². The van der Waals surface area contributed by atoms with E-state index in [9.17, 15) is 18.0 Å². The first-order valence-corrected chi connectivity index (χ1v) is 10.6. The van der Waals surface area contributed by atoms with Gasteiger partial charge in [-0.25, -0.2) is 4.79 Å². The second kappa shape index (κ2) is 10.1. The Hall–Kier alpha value is -2.63. The number of rotatable bonds is 2. The van der Waals surface area contributed by atoms with Crippen LogP contribution in [0.15, 0.2) is 30.5 Å². The Balaban J connectivity index is 0.000000383. The SMILES string of the molecule is CC(C)N1CCOCC2(CN(C(=O)c3ccc4cc[nH]c4c3)CCO2)C1.O=C(O)C(F)(F)F. The van der Waals surface area contributed by atoms with E-state index in [2.05, 4.69) is 23.7 Å². The topological polar surface area (TPSA) is 95.1 Å². The molecular weight excluding hydrogens is 443 g/mol. The molecule has 0 radical (unpaired) electrons. The van der Waals surface area contributed by atoms with Crippen molar-refractivity contribution in [1.29, 1.82) is 0 Å². The van der Waals surface area contributed by atoms with Gasteiger partial charge in [0.15, 0.2) is 0 Å². The maximum atomic E-state index is 13.1. The summed E-state index contributed by atoms with van der Waals surface area (Å²) < 4.78 is 43.7. The van der Waals surface area contributed by atoms with Crippen molar-refractivity contribution in [3.05, 3.63) is 36.0 Å². The fourth-order valence-corrected chi connectivity index (χ4v) is 3.94. The van der Waals surface area contributed by atoms with E-state index < -0.39 is 17.7 Å². The molecule has 3 heterocycles. The van der Waals surface area contributed by atoms with Gasteiger partial charge in [-0.2, -0.15) is 13.2 Å². The van der Waals surface area contributed by atoms with Gasteiger partial charge in [0.1, 0.15) is 5.60 Å². The lowest BCUT2D eigenvalue weighted by molar-refractivity contribution is -0.192. The van der Waals surface area contributed by atoms with Crippen LogP contribution in [0.5, 0.6) is 0 Å². The van der Waals surface area contributed by atoms with Gasteiger partial charge in [-0.1, -0.05) is 6.07 Å². The summed E-state index contributed by atoms with van der Waals surface area (Å²) in [6, 6.07) is 8.27. The van der Waals surface area contributed by atoms with Gasteiger partial charge < -0.3 is 24.5 Å². The third-order valence-electron chi connectivity index (χ3n) is 5.69. The van der Waals surface area contributed by atoms with Crippen LogP contribution >= 0.6 is 0 Å². The molecule has 2 aromatic rings. The van der Waals surface area contributed by atoms with Gasteiger partial charge in [-0.05, 0) is 37.4 Å². The molecule has 2 saturated heterocycles. The minimum absolute atomic E-state index is 0.0597. The van der Waals surface area contributed by atoms with Crippen LogP contribution in [0.4, 0.5) is 13.2 Å². The van der Waals surface area contributed by atoms with Gasteiger partial charge in [0, 0.05) is 43.0 Å². The summed E-state index contributed by atoms with van der Waals surface area (Å²) in [5.74, 6) is -2.70. The zero-order valence-corrected chi connectivity index (χ0v) is 18.5. The molecule has 1 amide bonds. The summed E-state index contributed by atoms with van der Waals surface area (Å²) in [5, 5.41) is 8.24. The fraction of sp³-hybridized carbons (Fsp3) is 0.545. The van der Waals surface area contributed by atoms with Gasteiger partial charge >= 0.3 is 12.1 Å². The predicted molar refractivity (Wildman–Crippen MR) is 114 cm³/mol. The number of aliphatic carboxylic acids is 1. The highest BCUT2D eigenvalue weighted by molar-refractivity contribution is 5.98. The number of carboxylic acids is 1. The van der Waals surface area contributed by atoms with Gasteiger partial charge in [0.2, 0.25) is 0 Å². The molecule has 1 spiro atoms. The largest absolute Gasteiger partial charge is 0.490 e. The average molecular weight is 471 g/mol. The standard InChI is InChI=1S/C20H27N3O3.C2HF3O2/c1-15(2)22-7-9-25-14-20(12-22)13-23(8-10-26-20)19(24)17-4-3-16-5-6-21-18(16)11-17;3-2(4,5)1(6)7/h3-6,11,15,21H,7-10,12-14H2,1-2H3;(H,6,7). The minimum Gasteiger partial charge on any atom is -0.475 e. The number of ether oxygens (including phenoxy) is 2. The number of H-pyrrole nitrogens is 1. The summed E-state index contributed by atoms with van der Waals surface area (Å²) in [5.41, 5.74) is 1.26. The number of hydrogen-bond acceptors (Lipinski definition) is 5. The third kappa shape index (κ3) is 6.24. The lowest BCUT2D eigenvalue weighted by Gasteiger charge is -2.44. The Morgan fingerprint density at radius 1 is 1.15 bits per heavy atom. The lowest BCUT2D eigenvalue weighted by Crippen LogP contribution is -2.60. The van der Waals surface area contributed by atoms with Crippen molar-refractivity contribution < 1.29 is 37.3 Å². The fourth-order valence-electron chi connectivity index (χ4n) is 3.94. The van der Waals surface area contributed by atoms with Gasteiger partial charge in [-0.15, -0.1) is 0 Å². The second-order valence-electron chi connectivity index (χ2n) is 8.46. The Morgan fingerprint density at radius 2 is 1.88 bits per heavy atom. The van der Waals surface area contributed by atoms with Crippen molar-refractivity contribution in [1.82, 2.24) is 14.8 Å². The van der Waals surface area contributed by atoms with Crippen LogP contribution in [0.25, 0.3) is 10.9 Å². The number of fused-ring (bicyclic) bond motifs is 1. The Bertz CT molecular complexity index is 978. The molecule has 1 unspecified atom stereocenters. The first kappa shape index (κ1) is 25.0. The molecule has 0 bridgehead atoms. The minimum atomic E-state index is -5.08. The van der Waals surface area contributed by atoms with Crippen molar-refractivity contribution in [2.45, 2.75) is 31.7 Å². The number of aromatic amines is 1. The van der Waals surface area contributed by atoms with E-state index in [1.54, 1.807) is 0 Å². The van der Waals surface area contributed by atoms with Crippen molar-refractivity contribution in [3.63, 3.8) is 0 Å². The summed E-state index contributed by atoms with van der Waals surface area (Å²) in [7, 11) is 0. The highest BCUT2D eigenvalue weighted by atomic mass is 19.4. The van der Waals surface area contributed by atoms with E-state index in [-0.39, 0.29) is 5.91 Å². The molecule has 2 aliphatic rings. The number of morpholine rings is 1. The van der Waals surface area contributed by atoms with Crippen LogP contribution < -0.4 is 0 Å². The molecule has 0 aliphatic carbocycles. The molecule has 1 aromatic carbocycles. The van der Waals surface area contributed by atoms with E-state index in [4.69, 9.17) is 19.4 Å². The Labute approximate surface area is 189 Å². The molecule has 0 saturated carbocycles. The summed E-state index contributed by atoms with van der Waals surface area (Å²) >= 11 is 0. The van der Waals surface area contributed by atoms with E-state index in [1.807, 2.05) is 35.4 Å². The first-order chi connectivity index (χ1) is 15.5. The highest BCUT2D eigenvalue weighted by Crippen LogP contribution is 2.25. The monoisotopic (exact) mass is 471 g/mol. The highest BCUT2D eigenvalue weighted by Gasteiger charge is 2.42. The van der Waals surface area contributed by atoms with Crippen LogP contribution in [-0.2, 0) is 14.3 Å². The van der Waals surface area contributed by atoms with Gasteiger partial charge in [-0.3, -0.25) is 9.69 Å². The van der Waals surface area contributed by atoms with Gasteiger partial charge in [0.05, 0.1) is 26.4 Å². The zero-order valence-electron chi connectivity index (χ0n) is 18.5. The van der Waals surface area contributed by atoms with Crippen LogP contribution in [0.2, 0.25) is 0 Å². The number of carboxylic acid groups (broad SMARTS) is 1. The number of alkyl halides is 3. The number of aromatic nitrogens is 1. The molecule has 2 N–H and O–H groups in total. The molecule has 8 nitrogen and oxygen atoms in total. The molecule has 2 aliphatic heterocycles. The number of benzene rings is 1. The number of amides is 1. The zero-order chi connectivity index (χ0) is 24.2. The molecule has 2 fully saturated rings. The van der Waals surface area contributed by atoms with Crippen molar-refractivity contribution >= 4 is 22.8 Å². The normalized spacial score (nSPS) is 22.2. The van der Waals surface area contributed by atoms with Gasteiger partial charge in [0.25, 0.3) is 5.91 Å². The summed E-state index contributed by atoms with van der Waals surface area (Å²) in [4.78, 5) is 29.5. The van der Waals surface area contributed by atoms with Crippen LogP contribution in [0.1, 0.15) is 24.2 Å². The van der Waals surface area contributed by atoms with Crippen molar-refractivity contribution in [2.75, 3.05) is 46.0 Å². The smallest absolute Gasteiger partial charge is 0.475 e. The summed E-state index contributed by atoms with van der Waals surface area (Å²) in [6.45, 7) is 9.06. The van der Waals surface area contributed by atoms with Crippen molar-refractivity contribution in [2.24, 2.45) is 0 Å². The van der Waals surface area contributed by atoms with Crippen LogP contribution in [0.3, 0.4) is 0 Å². The third-order valence-corrected chi connectivity index (χ3v) is 5.69. The lowest BCUT2D eigenvalue weighted by atomic mass is 10.00. The van der Waals surface area contributed by atoms with E-state index in [0.717, 1.165) is 24.0 Å². The predicted octanol–water partition coefficient (Wildman–Crippen LogP) is 2.75. The molecule has 182 valence electrons. The molecule has 11 heteroatoms.